The summed E-state index contributed by atoms with van der Waals surface area (Å²) in [6, 6.07) is 4.39. The number of hydrogen-bond donors (Lipinski definition) is 2. The van der Waals surface area contributed by atoms with Gasteiger partial charge in [-0.3, -0.25) is 24.6 Å². The normalized spacial score (nSPS) is 14.9. The molecule has 1 aromatic rings. The Bertz CT molecular complexity index is 777. The summed E-state index contributed by atoms with van der Waals surface area (Å²) >= 11 is 1.44. The maximum Gasteiger partial charge on any atom is 0.330 e. The van der Waals surface area contributed by atoms with E-state index in [9.17, 15) is 24.0 Å². The lowest BCUT2D eigenvalue weighted by Crippen LogP contribution is -2.49. The summed E-state index contributed by atoms with van der Waals surface area (Å²) in [4.78, 5) is 62.1. The Morgan fingerprint density at radius 1 is 1.14 bits per heavy atom. The molecule has 150 valence electrons. The van der Waals surface area contributed by atoms with E-state index < -0.39 is 41.9 Å². The van der Waals surface area contributed by atoms with Gasteiger partial charge in [0.2, 0.25) is 0 Å². The fourth-order valence-electron chi connectivity index (χ4n) is 2.66. The highest BCUT2D eigenvalue weighted by Crippen LogP contribution is 2.26. The van der Waals surface area contributed by atoms with E-state index in [1.807, 2.05) is 11.6 Å². The van der Waals surface area contributed by atoms with Gasteiger partial charge >= 0.3 is 12.0 Å². The van der Waals surface area contributed by atoms with Crippen LogP contribution in [0.15, 0.2) is 24.3 Å². The summed E-state index contributed by atoms with van der Waals surface area (Å²) in [5.41, 5.74) is 0.444. The monoisotopic (exact) mass is 407 g/mol. The van der Waals surface area contributed by atoms with Crippen molar-refractivity contribution in [3.8, 4) is 0 Å². The van der Waals surface area contributed by atoms with Crippen LogP contribution in [0.1, 0.15) is 34.1 Å². The molecule has 9 nitrogen and oxygen atoms in total. The van der Waals surface area contributed by atoms with Crippen LogP contribution >= 0.6 is 11.8 Å². The molecule has 0 bridgehead atoms. The summed E-state index contributed by atoms with van der Waals surface area (Å²) in [5.74, 6) is -2.37. The van der Waals surface area contributed by atoms with Gasteiger partial charge in [0.15, 0.2) is 6.10 Å². The number of nitrogens with zero attached hydrogens (tertiary/aromatic N) is 1. The molecule has 28 heavy (non-hydrogen) atoms. The molecule has 0 aromatic heterocycles. The molecule has 5 amide bonds. The lowest BCUT2D eigenvalue weighted by atomic mass is 10.1. The topological polar surface area (TPSA) is 122 Å². The van der Waals surface area contributed by atoms with E-state index in [0.29, 0.717) is 5.75 Å². The number of urea groups is 1. The zero-order valence-electron chi connectivity index (χ0n) is 15.7. The number of carbonyl (C=O) groups is 5. The van der Waals surface area contributed by atoms with Crippen LogP contribution in [0.5, 0.6) is 0 Å². The predicted octanol–water partition coefficient (Wildman–Crippen LogP) is 0.792. The highest BCUT2D eigenvalue weighted by atomic mass is 32.2. The second-order valence-electron chi connectivity index (χ2n) is 5.97. The zero-order valence-corrected chi connectivity index (χ0v) is 16.5. The van der Waals surface area contributed by atoms with Gasteiger partial charge in [0.25, 0.3) is 17.7 Å². The number of esters is 1. The van der Waals surface area contributed by atoms with Crippen LogP contribution in [0, 0.1) is 0 Å². The molecule has 0 radical (unpaired) electrons. The van der Waals surface area contributed by atoms with E-state index in [4.69, 9.17) is 4.74 Å². The number of benzene rings is 1. The number of carbonyl (C=O) groups excluding carboxylic acids is 5. The third-order valence-corrected chi connectivity index (χ3v) is 4.77. The Labute approximate surface area is 166 Å². The molecule has 1 heterocycles. The third kappa shape index (κ3) is 4.50. The first-order valence-corrected chi connectivity index (χ1v) is 9.90. The molecule has 1 aliphatic rings. The minimum atomic E-state index is -1.28. The van der Waals surface area contributed by atoms with Crippen molar-refractivity contribution < 1.29 is 28.7 Å². The minimum Gasteiger partial charge on any atom is -0.451 e. The van der Waals surface area contributed by atoms with E-state index in [1.165, 1.54) is 37.9 Å². The molecule has 0 aliphatic carbocycles. The van der Waals surface area contributed by atoms with Gasteiger partial charge in [-0.15, -0.1) is 0 Å². The first kappa shape index (κ1) is 21.4. The van der Waals surface area contributed by atoms with Crippen LogP contribution in [0.3, 0.4) is 0 Å². The van der Waals surface area contributed by atoms with Crippen molar-refractivity contribution in [1.82, 2.24) is 15.5 Å². The number of nitrogens with one attached hydrogen (secondary N) is 2. The van der Waals surface area contributed by atoms with Gasteiger partial charge in [-0.05, 0) is 37.5 Å². The molecule has 2 rings (SSSR count). The number of amides is 5. The molecule has 2 N–H and O–H groups in total. The van der Waals surface area contributed by atoms with Crippen LogP contribution in [0.25, 0.3) is 0 Å². The molecular formula is C18H21N3O6S. The van der Waals surface area contributed by atoms with Crippen molar-refractivity contribution in [2.24, 2.45) is 0 Å². The van der Waals surface area contributed by atoms with E-state index >= 15 is 0 Å². The van der Waals surface area contributed by atoms with Crippen LogP contribution < -0.4 is 10.6 Å². The quantitative estimate of drug-likeness (QED) is 0.506. The van der Waals surface area contributed by atoms with E-state index in [2.05, 4.69) is 5.32 Å². The van der Waals surface area contributed by atoms with Crippen molar-refractivity contribution in [2.75, 3.05) is 19.1 Å². The van der Waals surface area contributed by atoms with Gasteiger partial charge in [-0.1, -0.05) is 12.1 Å². The Morgan fingerprint density at radius 2 is 1.71 bits per heavy atom. The van der Waals surface area contributed by atoms with E-state index in [0.717, 1.165) is 4.90 Å². The largest absolute Gasteiger partial charge is 0.451 e. The smallest absolute Gasteiger partial charge is 0.330 e. The van der Waals surface area contributed by atoms with Gasteiger partial charge in [0.1, 0.15) is 6.04 Å². The Hall–Kier alpha value is -2.88. The SMILES string of the molecule is CNC(=O)NC(=O)[C@@H](C)OC(=O)[C@@H](CCSC)N1C(=O)c2ccccc2C1=O. The van der Waals surface area contributed by atoms with Gasteiger partial charge in [0, 0.05) is 7.05 Å². The molecule has 0 unspecified atom stereocenters. The Morgan fingerprint density at radius 3 is 2.21 bits per heavy atom. The number of imide groups is 2. The van der Waals surface area contributed by atoms with Crippen LogP contribution in [-0.4, -0.2) is 65.8 Å². The fourth-order valence-corrected chi connectivity index (χ4v) is 3.11. The Kier molecular flexibility index (Phi) is 7.16. The predicted molar refractivity (Wildman–Crippen MR) is 102 cm³/mol. The average molecular weight is 407 g/mol. The van der Waals surface area contributed by atoms with Gasteiger partial charge in [-0.25, -0.2) is 9.59 Å². The van der Waals surface area contributed by atoms with Crippen molar-refractivity contribution in [3.63, 3.8) is 0 Å². The zero-order chi connectivity index (χ0) is 20.8. The maximum atomic E-state index is 12.7. The first-order chi connectivity index (χ1) is 13.3. The van der Waals surface area contributed by atoms with E-state index in [1.54, 1.807) is 12.1 Å². The summed E-state index contributed by atoms with van der Waals surface area (Å²) < 4.78 is 5.14. The Balaban J connectivity index is 2.18. The van der Waals surface area contributed by atoms with Gasteiger partial charge < -0.3 is 10.1 Å². The second-order valence-corrected chi connectivity index (χ2v) is 6.96. The van der Waals surface area contributed by atoms with Gasteiger partial charge in [0.05, 0.1) is 11.1 Å². The number of ether oxygens (including phenoxy) is 1. The molecule has 0 saturated carbocycles. The summed E-state index contributed by atoms with van der Waals surface area (Å²) in [7, 11) is 1.33. The standard InChI is InChI=1S/C18H21N3O6S/c1-10(14(22)20-18(26)19-2)27-17(25)13(8-9-28-3)21-15(23)11-6-4-5-7-12(11)16(21)24/h4-7,10,13H,8-9H2,1-3H3,(H2,19,20,22,26)/t10-,13-/m1/s1. The lowest BCUT2D eigenvalue weighted by Gasteiger charge is -2.25. The van der Waals surface area contributed by atoms with Crippen molar-refractivity contribution in [1.29, 1.82) is 0 Å². The fraction of sp³-hybridized carbons (Fsp3) is 0.389. The molecule has 1 aromatic carbocycles. The highest BCUT2D eigenvalue weighted by Gasteiger charge is 2.43. The third-order valence-electron chi connectivity index (χ3n) is 4.13. The van der Waals surface area contributed by atoms with Crippen molar-refractivity contribution >= 4 is 41.5 Å². The first-order valence-electron chi connectivity index (χ1n) is 8.50. The number of thioether (sulfide) groups is 1. The summed E-state index contributed by atoms with van der Waals surface area (Å²) in [6.45, 7) is 1.30. The van der Waals surface area contributed by atoms with Crippen molar-refractivity contribution in [3.05, 3.63) is 35.4 Å². The summed E-state index contributed by atoms with van der Waals surface area (Å²) in [5, 5.41) is 4.21. The van der Waals surface area contributed by atoms with Crippen LogP contribution in [0.2, 0.25) is 0 Å². The highest BCUT2D eigenvalue weighted by molar-refractivity contribution is 7.98. The minimum absolute atomic E-state index is 0.176. The number of rotatable bonds is 7. The van der Waals surface area contributed by atoms with E-state index in [-0.39, 0.29) is 17.5 Å². The molecule has 0 fully saturated rings. The van der Waals surface area contributed by atoms with Crippen molar-refractivity contribution in [2.45, 2.75) is 25.5 Å². The van der Waals surface area contributed by atoms with Gasteiger partial charge in [-0.2, -0.15) is 11.8 Å². The molecule has 0 spiro atoms. The van der Waals surface area contributed by atoms with Crippen LogP contribution in [-0.2, 0) is 14.3 Å². The van der Waals surface area contributed by atoms with Crippen LogP contribution in [0.4, 0.5) is 4.79 Å². The second kappa shape index (κ2) is 9.36. The molecule has 2 atom stereocenters. The average Bonchev–Trinajstić information content (AvgIpc) is 2.93. The maximum absolute atomic E-state index is 12.7. The lowest BCUT2D eigenvalue weighted by molar-refractivity contribution is -0.158. The molecule has 0 saturated heterocycles. The molecular weight excluding hydrogens is 386 g/mol. The number of hydrogen-bond acceptors (Lipinski definition) is 7. The summed E-state index contributed by atoms with van der Waals surface area (Å²) in [6.07, 6.45) is 0.719. The number of fused-ring (bicyclic) bond motifs is 1. The molecule has 10 heteroatoms. The molecule has 1 aliphatic heterocycles.